The summed E-state index contributed by atoms with van der Waals surface area (Å²) in [6.07, 6.45) is 0. The van der Waals surface area contributed by atoms with Gasteiger partial charge < -0.3 is 9.30 Å². The van der Waals surface area contributed by atoms with Crippen LogP contribution >= 0.6 is 11.3 Å². The number of rotatable bonds is 3. The van der Waals surface area contributed by atoms with Crippen molar-refractivity contribution in [3.05, 3.63) is 89.2 Å². The van der Waals surface area contributed by atoms with E-state index >= 15 is 0 Å². The van der Waals surface area contributed by atoms with Gasteiger partial charge in [0.2, 0.25) is 0 Å². The Morgan fingerprint density at radius 1 is 0.885 bits per heavy atom. The molecule has 1 aromatic heterocycles. The molecule has 0 radical (unpaired) electrons. The Kier molecular flexibility index (Phi) is 4.37. The lowest BCUT2D eigenvalue weighted by Gasteiger charge is -2.05. The highest BCUT2D eigenvalue weighted by Crippen LogP contribution is 2.21. The minimum absolute atomic E-state index is 0.265. The molecule has 0 unspecified atom stereocenters. The first kappa shape index (κ1) is 16.3. The second-order valence-electron chi connectivity index (χ2n) is 5.77. The predicted molar refractivity (Wildman–Crippen MR) is 104 cm³/mol. The van der Waals surface area contributed by atoms with Gasteiger partial charge >= 0.3 is 0 Å². The van der Waals surface area contributed by atoms with Crippen molar-refractivity contribution >= 4 is 27.5 Å². The molecule has 0 fully saturated rings. The molecule has 0 bridgehead atoms. The molecule has 0 spiro atoms. The number of thiazole rings is 1. The molecule has 0 atom stereocenters. The summed E-state index contributed by atoms with van der Waals surface area (Å²) in [5.74, 6) is 1.17. The maximum absolute atomic E-state index is 12.5. The number of aromatic nitrogens is 1. The Balaban J connectivity index is 1.59. The lowest BCUT2D eigenvalue weighted by Crippen LogP contribution is -2.13. The zero-order chi connectivity index (χ0) is 17.9. The van der Waals surface area contributed by atoms with Crippen molar-refractivity contribution in [3.63, 3.8) is 0 Å². The molecule has 0 saturated heterocycles. The van der Waals surface area contributed by atoms with Crippen LogP contribution in [0, 0.1) is 0 Å². The van der Waals surface area contributed by atoms with Crippen LogP contribution in [-0.4, -0.2) is 10.5 Å². The van der Waals surface area contributed by atoms with Crippen LogP contribution in [0.1, 0.15) is 10.4 Å². The molecule has 26 heavy (non-hydrogen) atoms. The summed E-state index contributed by atoms with van der Waals surface area (Å²) in [5.41, 5.74) is 1.60. The Morgan fingerprint density at radius 2 is 1.54 bits per heavy atom. The van der Waals surface area contributed by atoms with Gasteiger partial charge in [0.15, 0.2) is 4.80 Å². The minimum atomic E-state index is -0.265. The van der Waals surface area contributed by atoms with Crippen LogP contribution in [0.25, 0.3) is 10.2 Å². The number of amides is 1. The topological polar surface area (TPSA) is 43.6 Å². The van der Waals surface area contributed by atoms with E-state index in [4.69, 9.17) is 4.74 Å². The smallest absolute Gasteiger partial charge is 0.279 e. The molecule has 1 amide bonds. The molecule has 0 aliphatic heterocycles. The van der Waals surface area contributed by atoms with Crippen LogP contribution in [0.3, 0.4) is 0 Å². The predicted octanol–water partition coefficient (Wildman–Crippen LogP) is 4.77. The molecule has 4 rings (SSSR count). The van der Waals surface area contributed by atoms with Gasteiger partial charge in [-0.2, -0.15) is 4.99 Å². The van der Waals surface area contributed by atoms with Crippen LogP contribution in [0.2, 0.25) is 0 Å². The van der Waals surface area contributed by atoms with E-state index < -0.39 is 0 Å². The molecule has 4 aromatic rings. The number of carbonyl (C=O) groups excluding carboxylic acids is 1. The van der Waals surface area contributed by atoms with Crippen molar-refractivity contribution in [1.29, 1.82) is 0 Å². The minimum Gasteiger partial charge on any atom is -0.457 e. The highest BCUT2D eigenvalue weighted by Gasteiger charge is 2.07. The first-order chi connectivity index (χ1) is 12.7. The van der Waals surface area contributed by atoms with Gasteiger partial charge in [0.05, 0.1) is 10.2 Å². The summed E-state index contributed by atoms with van der Waals surface area (Å²) in [6.45, 7) is 0. The van der Waals surface area contributed by atoms with Crippen molar-refractivity contribution in [2.24, 2.45) is 12.0 Å². The number of hydrogen-bond donors (Lipinski definition) is 0. The lowest BCUT2D eigenvalue weighted by molar-refractivity contribution is 0.0998. The summed E-state index contributed by atoms with van der Waals surface area (Å²) >= 11 is 1.50. The quantitative estimate of drug-likeness (QED) is 0.528. The average molecular weight is 360 g/mol. The Labute approximate surface area is 154 Å². The fraction of sp³-hybridized carbons (Fsp3) is 0.0476. The number of carbonyl (C=O) groups is 1. The molecule has 0 N–H and O–H groups in total. The zero-order valence-electron chi connectivity index (χ0n) is 14.1. The number of fused-ring (bicyclic) bond motifs is 1. The van der Waals surface area contributed by atoms with Gasteiger partial charge in [0.25, 0.3) is 5.91 Å². The average Bonchev–Trinajstić information content (AvgIpc) is 2.99. The van der Waals surface area contributed by atoms with Crippen LogP contribution in [-0.2, 0) is 7.05 Å². The van der Waals surface area contributed by atoms with Crippen molar-refractivity contribution in [2.75, 3.05) is 0 Å². The highest BCUT2D eigenvalue weighted by molar-refractivity contribution is 7.16. The normalized spacial score (nSPS) is 11.7. The van der Waals surface area contributed by atoms with E-state index in [1.807, 2.05) is 66.2 Å². The molecule has 1 heterocycles. The van der Waals surface area contributed by atoms with E-state index in [0.717, 1.165) is 16.0 Å². The standard InChI is InChI=1S/C21H16N2O2S/c1-23-18-9-5-6-10-19(18)26-21(23)22-20(24)15-11-13-17(14-12-15)25-16-7-3-2-4-8-16/h2-14H,1H3. The van der Waals surface area contributed by atoms with Gasteiger partial charge in [0.1, 0.15) is 11.5 Å². The molecule has 0 aliphatic rings. The molecule has 4 nitrogen and oxygen atoms in total. The maximum atomic E-state index is 12.5. The van der Waals surface area contributed by atoms with Gasteiger partial charge in [-0.15, -0.1) is 0 Å². The van der Waals surface area contributed by atoms with E-state index in [-0.39, 0.29) is 5.91 Å². The number of hydrogen-bond acceptors (Lipinski definition) is 3. The number of aryl methyl sites for hydroxylation is 1. The first-order valence-electron chi connectivity index (χ1n) is 8.17. The largest absolute Gasteiger partial charge is 0.457 e. The summed E-state index contributed by atoms with van der Waals surface area (Å²) in [7, 11) is 1.92. The third kappa shape index (κ3) is 3.30. The second-order valence-corrected chi connectivity index (χ2v) is 6.78. The van der Waals surface area contributed by atoms with Gasteiger partial charge in [-0.25, -0.2) is 0 Å². The fourth-order valence-electron chi connectivity index (χ4n) is 2.63. The van der Waals surface area contributed by atoms with Crippen molar-refractivity contribution in [3.8, 4) is 11.5 Å². The van der Waals surface area contributed by atoms with Gasteiger partial charge in [-0.1, -0.05) is 41.7 Å². The zero-order valence-corrected chi connectivity index (χ0v) is 14.9. The van der Waals surface area contributed by atoms with Gasteiger partial charge in [-0.05, 0) is 48.5 Å². The molecule has 3 aromatic carbocycles. The highest BCUT2D eigenvalue weighted by atomic mass is 32.1. The number of nitrogens with zero attached hydrogens (tertiary/aromatic N) is 2. The lowest BCUT2D eigenvalue weighted by atomic mass is 10.2. The van der Waals surface area contributed by atoms with Gasteiger partial charge in [0, 0.05) is 12.6 Å². The Morgan fingerprint density at radius 3 is 2.27 bits per heavy atom. The fourth-order valence-corrected chi connectivity index (χ4v) is 3.65. The third-order valence-corrected chi connectivity index (χ3v) is 5.11. The SMILES string of the molecule is Cn1c(=NC(=O)c2ccc(Oc3ccccc3)cc2)sc2ccccc21. The molecule has 0 saturated carbocycles. The van der Waals surface area contributed by atoms with E-state index in [1.165, 1.54) is 11.3 Å². The monoisotopic (exact) mass is 360 g/mol. The van der Waals surface area contributed by atoms with Crippen LogP contribution in [0.15, 0.2) is 83.9 Å². The summed E-state index contributed by atoms with van der Waals surface area (Å²) in [6, 6.07) is 24.6. The van der Waals surface area contributed by atoms with E-state index in [2.05, 4.69) is 4.99 Å². The molecular weight excluding hydrogens is 344 g/mol. The number of ether oxygens (including phenoxy) is 1. The molecule has 5 heteroatoms. The summed E-state index contributed by atoms with van der Waals surface area (Å²) in [5, 5.41) is 0. The van der Waals surface area contributed by atoms with Gasteiger partial charge in [-0.3, -0.25) is 4.79 Å². The van der Waals surface area contributed by atoms with Crippen LogP contribution < -0.4 is 9.54 Å². The van der Waals surface area contributed by atoms with E-state index in [1.54, 1.807) is 24.3 Å². The van der Waals surface area contributed by atoms with E-state index in [0.29, 0.717) is 16.1 Å². The molecule has 128 valence electrons. The molecule has 0 aliphatic carbocycles. The van der Waals surface area contributed by atoms with E-state index in [9.17, 15) is 4.79 Å². The van der Waals surface area contributed by atoms with Crippen molar-refractivity contribution in [1.82, 2.24) is 4.57 Å². The van der Waals surface area contributed by atoms with Crippen LogP contribution in [0.4, 0.5) is 0 Å². The third-order valence-electron chi connectivity index (χ3n) is 3.99. The van der Waals surface area contributed by atoms with Crippen molar-refractivity contribution in [2.45, 2.75) is 0 Å². The maximum Gasteiger partial charge on any atom is 0.279 e. The first-order valence-corrected chi connectivity index (χ1v) is 8.99. The van der Waals surface area contributed by atoms with Crippen molar-refractivity contribution < 1.29 is 9.53 Å². The Bertz CT molecular complexity index is 1130. The van der Waals surface area contributed by atoms with Crippen LogP contribution in [0.5, 0.6) is 11.5 Å². The number of benzene rings is 3. The Hall–Kier alpha value is -3.18. The summed E-state index contributed by atoms with van der Waals surface area (Å²) < 4.78 is 8.79. The summed E-state index contributed by atoms with van der Waals surface area (Å²) in [4.78, 5) is 17.5. The number of para-hydroxylation sites is 2. The second kappa shape index (κ2) is 6.98. The molecular formula is C21H16N2O2S.